The lowest BCUT2D eigenvalue weighted by Gasteiger charge is -2.35. The maximum absolute atomic E-state index is 12.7. The molecule has 1 fully saturated rings. The molecule has 1 saturated heterocycles. The number of hydrogen-bond donors (Lipinski definition) is 1. The minimum atomic E-state index is -4.44. The van der Waals surface area contributed by atoms with Crippen molar-refractivity contribution in [1.29, 1.82) is 0 Å². The number of aromatic nitrogens is 1. The first kappa shape index (κ1) is 17.1. The summed E-state index contributed by atoms with van der Waals surface area (Å²) in [4.78, 5) is 20.2. The van der Waals surface area contributed by atoms with Crippen molar-refractivity contribution in [3.8, 4) is 0 Å². The van der Waals surface area contributed by atoms with Gasteiger partial charge in [0.25, 0.3) is 0 Å². The molecule has 5 nitrogen and oxygen atoms in total. The fourth-order valence-corrected chi connectivity index (χ4v) is 2.66. The number of alkyl halides is 3. The maximum atomic E-state index is 12.7. The quantitative estimate of drug-likeness (QED) is 0.902. The van der Waals surface area contributed by atoms with Gasteiger partial charge in [0.15, 0.2) is 0 Å². The second-order valence-corrected chi connectivity index (χ2v) is 5.67. The average Bonchev–Trinajstić information content (AvgIpc) is 2.62. The predicted octanol–water partition coefficient (Wildman–Crippen LogP) is 3.45. The first-order chi connectivity index (χ1) is 11.9. The van der Waals surface area contributed by atoms with E-state index >= 15 is 0 Å². The fraction of sp³-hybridized carbons (Fsp3) is 0.294. The summed E-state index contributed by atoms with van der Waals surface area (Å²) >= 11 is 0. The van der Waals surface area contributed by atoms with Crippen LogP contribution in [0.3, 0.4) is 0 Å². The second-order valence-electron chi connectivity index (χ2n) is 5.67. The van der Waals surface area contributed by atoms with Crippen LogP contribution in [-0.2, 0) is 6.18 Å². The van der Waals surface area contributed by atoms with Crippen LogP contribution in [0, 0.1) is 0 Å². The minimum Gasteiger partial charge on any atom is -0.353 e. The summed E-state index contributed by atoms with van der Waals surface area (Å²) in [6, 6.07) is 9.85. The highest BCUT2D eigenvalue weighted by molar-refractivity contribution is 5.89. The normalized spacial score (nSPS) is 15.2. The molecule has 2 heterocycles. The molecule has 1 aliphatic heterocycles. The van der Waals surface area contributed by atoms with E-state index in [0.29, 0.717) is 26.2 Å². The van der Waals surface area contributed by atoms with Crippen LogP contribution in [0.25, 0.3) is 0 Å². The van der Waals surface area contributed by atoms with Crippen molar-refractivity contribution in [2.24, 2.45) is 0 Å². The average molecular weight is 350 g/mol. The highest BCUT2D eigenvalue weighted by atomic mass is 19.4. The van der Waals surface area contributed by atoms with E-state index in [1.54, 1.807) is 11.1 Å². The first-order valence-electron chi connectivity index (χ1n) is 7.83. The SMILES string of the molecule is O=C(Nc1cccc(C(F)(F)F)c1)N1CCN(c2ccccn2)CC1. The topological polar surface area (TPSA) is 48.5 Å². The number of halogens is 3. The predicted molar refractivity (Wildman–Crippen MR) is 88.5 cm³/mol. The van der Waals surface area contributed by atoms with Crippen LogP contribution in [0.1, 0.15) is 5.56 Å². The van der Waals surface area contributed by atoms with Gasteiger partial charge < -0.3 is 15.1 Å². The van der Waals surface area contributed by atoms with E-state index in [-0.39, 0.29) is 5.69 Å². The molecule has 0 spiro atoms. The minimum absolute atomic E-state index is 0.131. The molecule has 0 unspecified atom stereocenters. The summed E-state index contributed by atoms with van der Waals surface area (Å²) in [7, 11) is 0. The monoisotopic (exact) mass is 350 g/mol. The van der Waals surface area contributed by atoms with Gasteiger partial charge in [0.05, 0.1) is 5.56 Å². The van der Waals surface area contributed by atoms with Crippen molar-refractivity contribution in [2.45, 2.75) is 6.18 Å². The molecule has 132 valence electrons. The van der Waals surface area contributed by atoms with Gasteiger partial charge in [-0.15, -0.1) is 0 Å². The van der Waals surface area contributed by atoms with Crippen LogP contribution in [0.2, 0.25) is 0 Å². The van der Waals surface area contributed by atoms with Crippen molar-refractivity contribution < 1.29 is 18.0 Å². The number of amides is 2. The third-order valence-corrected chi connectivity index (χ3v) is 3.98. The zero-order valence-corrected chi connectivity index (χ0v) is 13.3. The summed E-state index contributed by atoms with van der Waals surface area (Å²) in [6.45, 7) is 2.18. The Hall–Kier alpha value is -2.77. The van der Waals surface area contributed by atoms with Crippen LogP contribution in [0.5, 0.6) is 0 Å². The summed E-state index contributed by atoms with van der Waals surface area (Å²) < 4.78 is 38.2. The number of rotatable bonds is 2. The Morgan fingerprint density at radius 3 is 2.44 bits per heavy atom. The lowest BCUT2D eigenvalue weighted by atomic mass is 10.2. The van der Waals surface area contributed by atoms with Gasteiger partial charge in [-0.1, -0.05) is 12.1 Å². The molecular weight excluding hydrogens is 333 g/mol. The van der Waals surface area contributed by atoms with Gasteiger partial charge in [0.1, 0.15) is 5.82 Å². The summed E-state index contributed by atoms with van der Waals surface area (Å²) in [5.74, 6) is 0.848. The Labute approximate surface area is 143 Å². The van der Waals surface area contributed by atoms with Gasteiger partial charge in [-0.2, -0.15) is 13.2 Å². The number of nitrogens with zero attached hydrogens (tertiary/aromatic N) is 3. The first-order valence-corrected chi connectivity index (χ1v) is 7.83. The van der Waals surface area contributed by atoms with Crippen molar-refractivity contribution in [3.05, 3.63) is 54.2 Å². The van der Waals surface area contributed by atoms with Crippen molar-refractivity contribution in [3.63, 3.8) is 0 Å². The third kappa shape index (κ3) is 4.20. The standard InChI is InChI=1S/C17H17F3N4O/c18-17(19,20)13-4-3-5-14(12-13)22-16(25)24-10-8-23(9-11-24)15-6-1-2-7-21-15/h1-7,12H,8-11H2,(H,22,25). The maximum Gasteiger partial charge on any atom is 0.416 e. The van der Waals surface area contributed by atoms with Gasteiger partial charge >= 0.3 is 12.2 Å². The Bertz CT molecular complexity index is 728. The molecule has 0 aliphatic carbocycles. The summed E-state index contributed by atoms with van der Waals surface area (Å²) in [6.07, 6.45) is -2.73. The van der Waals surface area contributed by atoms with Crippen molar-refractivity contribution in [2.75, 3.05) is 36.4 Å². The van der Waals surface area contributed by atoms with E-state index in [9.17, 15) is 18.0 Å². The molecule has 0 saturated carbocycles. The van der Waals surface area contributed by atoms with Gasteiger partial charge in [0, 0.05) is 38.1 Å². The molecule has 1 aromatic heterocycles. The molecule has 1 aliphatic rings. The number of nitrogens with one attached hydrogen (secondary N) is 1. The lowest BCUT2D eigenvalue weighted by molar-refractivity contribution is -0.137. The number of carbonyl (C=O) groups excluding carboxylic acids is 1. The molecule has 2 amide bonds. The van der Waals surface area contributed by atoms with Crippen LogP contribution in [0.4, 0.5) is 29.5 Å². The fourth-order valence-electron chi connectivity index (χ4n) is 2.66. The van der Waals surface area contributed by atoms with Gasteiger partial charge in [-0.25, -0.2) is 9.78 Å². The number of carbonyl (C=O) groups is 1. The van der Waals surface area contributed by atoms with Crippen LogP contribution in [-0.4, -0.2) is 42.1 Å². The lowest BCUT2D eigenvalue weighted by Crippen LogP contribution is -2.50. The Balaban J connectivity index is 1.58. The van der Waals surface area contributed by atoms with E-state index in [0.717, 1.165) is 18.0 Å². The number of pyridine rings is 1. The molecule has 3 rings (SSSR count). The highest BCUT2D eigenvalue weighted by Gasteiger charge is 2.30. The van der Waals surface area contributed by atoms with E-state index in [4.69, 9.17) is 0 Å². The van der Waals surface area contributed by atoms with Crippen molar-refractivity contribution in [1.82, 2.24) is 9.88 Å². The number of hydrogen-bond acceptors (Lipinski definition) is 3. The molecule has 25 heavy (non-hydrogen) atoms. The second kappa shape index (κ2) is 7.00. The van der Waals surface area contributed by atoms with Crippen LogP contribution in [0.15, 0.2) is 48.7 Å². The highest BCUT2D eigenvalue weighted by Crippen LogP contribution is 2.30. The molecule has 0 radical (unpaired) electrons. The Morgan fingerprint density at radius 1 is 1.04 bits per heavy atom. The van der Waals surface area contributed by atoms with Crippen molar-refractivity contribution >= 4 is 17.5 Å². The van der Waals surface area contributed by atoms with Gasteiger partial charge in [-0.05, 0) is 30.3 Å². The number of benzene rings is 1. The molecule has 0 atom stereocenters. The molecule has 8 heteroatoms. The van der Waals surface area contributed by atoms with Gasteiger partial charge in [0.2, 0.25) is 0 Å². The van der Waals surface area contributed by atoms with Crippen LogP contribution < -0.4 is 10.2 Å². The van der Waals surface area contributed by atoms with E-state index in [1.807, 2.05) is 18.2 Å². The zero-order chi connectivity index (χ0) is 17.9. The molecule has 1 aromatic carbocycles. The Kier molecular flexibility index (Phi) is 4.78. The largest absolute Gasteiger partial charge is 0.416 e. The number of urea groups is 1. The summed E-state index contributed by atoms with van der Waals surface area (Å²) in [5, 5.41) is 2.53. The zero-order valence-electron chi connectivity index (χ0n) is 13.3. The van der Waals surface area contributed by atoms with E-state index in [1.165, 1.54) is 12.1 Å². The van der Waals surface area contributed by atoms with Gasteiger partial charge in [-0.3, -0.25) is 0 Å². The van der Waals surface area contributed by atoms with E-state index in [2.05, 4.69) is 15.2 Å². The smallest absolute Gasteiger partial charge is 0.353 e. The Morgan fingerprint density at radius 2 is 1.80 bits per heavy atom. The van der Waals surface area contributed by atoms with E-state index < -0.39 is 17.8 Å². The van der Waals surface area contributed by atoms with Crippen LogP contribution >= 0.6 is 0 Å². The number of anilines is 2. The summed E-state index contributed by atoms with van der Waals surface area (Å²) in [5.41, 5.74) is -0.655. The number of piperazine rings is 1. The molecule has 1 N–H and O–H groups in total. The third-order valence-electron chi connectivity index (χ3n) is 3.98. The molecule has 0 bridgehead atoms. The molecular formula is C17H17F3N4O. The molecule has 2 aromatic rings.